The zero-order valence-electron chi connectivity index (χ0n) is 8.95. The van der Waals surface area contributed by atoms with Crippen LogP contribution in [0, 0.1) is 0 Å². The maximum Gasteiger partial charge on any atom is 0.0481 e. The Morgan fingerprint density at radius 3 is 2.86 bits per heavy atom. The third-order valence-electron chi connectivity index (χ3n) is 3.35. The molecule has 2 atom stereocenters. The first-order valence-corrected chi connectivity index (χ1v) is 5.73. The minimum atomic E-state index is 0.362. The molecule has 0 aliphatic heterocycles. The molecule has 78 valence electrons. The van der Waals surface area contributed by atoms with Gasteiger partial charge in [0.15, 0.2) is 0 Å². The van der Waals surface area contributed by atoms with E-state index in [4.69, 9.17) is 5.73 Å². The monoisotopic (exact) mass is 192 g/mol. The van der Waals surface area contributed by atoms with Crippen molar-refractivity contribution in [3.05, 3.63) is 24.0 Å². The van der Waals surface area contributed by atoms with Gasteiger partial charge in [-0.15, -0.1) is 0 Å². The van der Waals surface area contributed by atoms with Gasteiger partial charge in [0.1, 0.15) is 0 Å². The molecule has 2 N–H and O–H groups in total. The quantitative estimate of drug-likeness (QED) is 0.767. The van der Waals surface area contributed by atoms with E-state index < -0.39 is 0 Å². The van der Waals surface area contributed by atoms with E-state index in [0.29, 0.717) is 12.1 Å². The summed E-state index contributed by atoms with van der Waals surface area (Å²) in [6.45, 7) is 2.19. The molecule has 0 radical (unpaired) electrons. The average molecular weight is 192 g/mol. The molecule has 2 nitrogen and oxygen atoms in total. The summed E-state index contributed by atoms with van der Waals surface area (Å²) in [4.78, 5) is 0. The molecule has 0 aromatic carbocycles. The molecule has 1 aromatic rings. The number of aryl methyl sites for hydroxylation is 1. The summed E-state index contributed by atoms with van der Waals surface area (Å²) in [5.74, 6) is 0. The number of rotatable bonds is 2. The second-order valence-electron chi connectivity index (χ2n) is 4.34. The molecule has 0 saturated heterocycles. The Morgan fingerprint density at radius 1 is 1.43 bits per heavy atom. The van der Waals surface area contributed by atoms with Gasteiger partial charge < -0.3 is 10.3 Å². The lowest BCUT2D eigenvalue weighted by Gasteiger charge is -2.29. The molecule has 1 aliphatic rings. The van der Waals surface area contributed by atoms with Crippen molar-refractivity contribution in [1.82, 2.24) is 4.57 Å². The number of nitrogens with two attached hydrogens (primary N) is 1. The Balaban J connectivity index is 2.12. The first-order valence-electron chi connectivity index (χ1n) is 5.73. The molecule has 2 rings (SSSR count). The Morgan fingerprint density at radius 2 is 2.21 bits per heavy atom. The molecule has 1 saturated carbocycles. The molecule has 1 fully saturated rings. The Hall–Kier alpha value is -0.760. The van der Waals surface area contributed by atoms with Gasteiger partial charge in [-0.2, -0.15) is 0 Å². The SMILES string of the molecule is CCc1ccn([C@@H]2CCCC[C@H]2N)c1. The number of hydrogen-bond donors (Lipinski definition) is 1. The molecule has 1 aromatic heterocycles. The van der Waals surface area contributed by atoms with Crippen LogP contribution >= 0.6 is 0 Å². The Kier molecular flexibility index (Phi) is 2.92. The van der Waals surface area contributed by atoms with Crippen LogP contribution in [0.2, 0.25) is 0 Å². The van der Waals surface area contributed by atoms with Crippen molar-refractivity contribution in [3.63, 3.8) is 0 Å². The fraction of sp³-hybridized carbons (Fsp3) is 0.667. The van der Waals surface area contributed by atoms with Crippen LogP contribution in [0.5, 0.6) is 0 Å². The lowest BCUT2D eigenvalue weighted by molar-refractivity contribution is 0.306. The molecular formula is C12H20N2. The number of hydrogen-bond acceptors (Lipinski definition) is 1. The van der Waals surface area contributed by atoms with E-state index in [1.165, 1.54) is 31.2 Å². The maximum absolute atomic E-state index is 6.14. The zero-order valence-corrected chi connectivity index (χ0v) is 8.95. The van der Waals surface area contributed by atoms with E-state index >= 15 is 0 Å². The van der Waals surface area contributed by atoms with Crippen LogP contribution in [0.4, 0.5) is 0 Å². The summed E-state index contributed by atoms with van der Waals surface area (Å²) in [5.41, 5.74) is 7.56. The molecule has 0 bridgehead atoms. The second-order valence-corrected chi connectivity index (χ2v) is 4.34. The van der Waals surface area contributed by atoms with E-state index in [1.807, 2.05) is 0 Å². The minimum absolute atomic E-state index is 0.362. The van der Waals surface area contributed by atoms with Crippen LogP contribution < -0.4 is 5.73 Å². The summed E-state index contributed by atoms with van der Waals surface area (Å²) >= 11 is 0. The van der Waals surface area contributed by atoms with Crippen molar-refractivity contribution in [2.75, 3.05) is 0 Å². The third kappa shape index (κ3) is 1.85. The van der Waals surface area contributed by atoms with Gasteiger partial charge >= 0.3 is 0 Å². The molecule has 1 aliphatic carbocycles. The molecule has 14 heavy (non-hydrogen) atoms. The van der Waals surface area contributed by atoms with Crippen molar-refractivity contribution in [3.8, 4) is 0 Å². The number of nitrogens with zero attached hydrogens (tertiary/aromatic N) is 1. The van der Waals surface area contributed by atoms with Gasteiger partial charge in [-0.1, -0.05) is 19.8 Å². The smallest absolute Gasteiger partial charge is 0.0481 e. The van der Waals surface area contributed by atoms with Crippen LogP contribution in [0.3, 0.4) is 0 Å². The van der Waals surface area contributed by atoms with Gasteiger partial charge in [0, 0.05) is 24.5 Å². The normalized spacial score (nSPS) is 27.9. The Labute approximate surface area is 86.1 Å². The van der Waals surface area contributed by atoms with Crippen molar-refractivity contribution in [1.29, 1.82) is 0 Å². The van der Waals surface area contributed by atoms with Gasteiger partial charge in [-0.3, -0.25) is 0 Å². The van der Waals surface area contributed by atoms with Crippen molar-refractivity contribution < 1.29 is 0 Å². The van der Waals surface area contributed by atoms with Crippen LogP contribution in [0.1, 0.15) is 44.2 Å². The van der Waals surface area contributed by atoms with E-state index in [0.717, 1.165) is 6.42 Å². The highest BCUT2D eigenvalue weighted by atomic mass is 15.0. The zero-order chi connectivity index (χ0) is 9.97. The van der Waals surface area contributed by atoms with E-state index in [1.54, 1.807) is 0 Å². The lowest BCUT2D eigenvalue weighted by atomic mass is 9.91. The summed E-state index contributed by atoms with van der Waals surface area (Å²) in [6, 6.07) is 3.12. The fourth-order valence-electron chi connectivity index (χ4n) is 2.38. The average Bonchev–Trinajstić information content (AvgIpc) is 2.67. The van der Waals surface area contributed by atoms with E-state index in [9.17, 15) is 0 Å². The Bertz CT molecular complexity index is 290. The maximum atomic E-state index is 6.14. The van der Waals surface area contributed by atoms with Crippen LogP contribution in [-0.4, -0.2) is 10.6 Å². The standard InChI is InChI=1S/C12H20N2/c1-2-10-7-8-14(9-10)12-6-4-3-5-11(12)13/h7-9,11-12H,2-6,13H2,1H3/t11-,12-/m1/s1. The molecule has 0 amide bonds. The van der Waals surface area contributed by atoms with Gasteiger partial charge in [-0.25, -0.2) is 0 Å². The van der Waals surface area contributed by atoms with Gasteiger partial charge in [-0.05, 0) is 30.9 Å². The molecule has 1 heterocycles. The van der Waals surface area contributed by atoms with Crippen molar-refractivity contribution >= 4 is 0 Å². The van der Waals surface area contributed by atoms with E-state index in [-0.39, 0.29) is 0 Å². The molecule has 0 spiro atoms. The predicted octanol–water partition coefficient (Wildman–Crippen LogP) is 2.49. The largest absolute Gasteiger partial charge is 0.349 e. The topological polar surface area (TPSA) is 30.9 Å². The van der Waals surface area contributed by atoms with Crippen molar-refractivity contribution in [2.24, 2.45) is 5.73 Å². The molecule has 2 heteroatoms. The lowest BCUT2D eigenvalue weighted by Crippen LogP contribution is -2.34. The molecule has 0 unspecified atom stereocenters. The summed E-state index contributed by atoms with van der Waals surface area (Å²) < 4.78 is 2.32. The van der Waals surface area contributed by atoms with Crippen LogP contribution in [0.15, 0.2) is 18.5 Å². The van der Waals surface area contributed by atoms with Crippen molar-refractivity contribution in [2.45, 2.75) is 51.1 Å². The highest BCUT2D eigenvalue weighted by Gasteiger charge is 2.22. The summed E-state index contributed by atoms with van der Waals surface area (Å²) in [7, 11) is 0. The number of aromatic nitrogens is 1. The van der Waals surface area contributed by atoms with Crippen LogP contribution in [0.25, 0.3) is 0 Å². The third-order valence-corrected chi connectivity index (χ3v) is 3.35. The van der Waals surface area contributed by atoms with Gasteiger partial charge in [0.2, 0.25) is 0 Å². The predicted molar refractivity (Wildman–Crippen MR) is 59.3 cm³/mol. The molecular weight excluding hydrogens is 172 g/mol. The minimum Gasteiger partial charge on any atom is -0.349 e. The van der Waals surface area contributed by atoms with E-state index in [2.05, 4.69) is 30.0 Å². The first-order chi connectivity index (χ1) is 6.81. The first kappa shape index (κ1) is 9.78. The highest BCUT2D eigenvalue weighted by Crippen LogP contribution is 2.27. The van der Waals surface area contributed by atoms with Gasteiger partial charge in [0.05, 0.1) is 0 Å². The summed E-state index contributed by atoms with van der Waals surface area (Å²) in [6.07, 6.45) is 10.6. The fourth-order valence-corrected chi connectivity index (χ4v) is 2.38. The second kappa shape index (κ2) is 4.18. The van der Waals surface area contributed by atoms with Gasteiger partial charge in [0.25, 0.3) is 0 Å². The highest BCUT2D eigenvalue weighted by molar-refractivity contribution is 5.11. The summed E-state index contributed by atoms with van der Waals surface area (Å²) in [5, 5.41) is 0. The van der Waals surface area contributed by atoms with Crippen LogP contribution in [-0.2, 0) is 6.42 Å².